The van der Waals surface area contributed by atoms with Gasteiger partial charge >= 0.3 is 5.97 Å². The molecule has 0 atom stereocenters. The number of thioether (sulfide) groups is 1. The van der Waals surface area contributed by atoms with E-state index in [0.717, 1.165) is 34.2 Å². The number of methoxy groups -OCH3 is 1. The van der Waals surface area contributed by atoms with Crippen molar-refractivity contribution in [2.75, 3.05) is 7.11 Å². The zero-order valence-corrected chi connectivity index (χ0v) is 10.7. The Hall–Kier alpha value is -1.42. The predicted octanol–water partition coefficient (Wildman–Crippen LogP) is 3.36. The highest BCUT2D eigenvalue weighted by molar-refractivity contribution is 8.03. The summed E-state index contributed by atoms with van der Waals surface area (Å²) in [6, 6.07) is 7.85. The van der Waals surface area contributed by atoms with Crippen LogP contribution in [-0.2, 0) is 9.53 Å². The zero-order valence-electron chi connectivity index (χ0n) is 9.86. The summed E-state index contributed by atoms with van der Waals surface area (Å²) in [5.74, 6) is 1.42. The van der Waals surface area contributed by atoms with Crippen LogP contribution < -0.4 is 4.74 Å². The van der Waals surface area contributed by atoms with Crippen molar-refractivity contribution in [3.05, 3.63) is 34.9 Å². The van der Waals surface area contributed by atoms with Crippen molar-refractivity contribution in [3.63, 3.8) is 0 Å². The molecule has 0 N–H and O–H groups in total. The van der Waals surface area contributed by atoms with Crippen molar-refractivity contribution >= 4 is 17.7 Å². The van der Waals surface area contributed by atoms with Crippen molar-refractivity contribution in [3.8, 4) is 5.75 Å². The van der Waals surface area contributed by atoms with Crippen molar-refractivity contribution in [2.24, 2.45) is 0 Å². The Morgan fingerprint density at radius 1 is 1.24 bits per heavy atom. The van der Waals surface area contributed by atoms with E-state index in [9.17, 15) is 4.79 Å². The number of allylic oxidation sites excluding steroid dienone is 2. The number of carbonyl (C=O) groups excluding carboxylic acids is 1. The number of esters is 1. The topological polar surface area (TPSA) is 35.5 Å². The highest BCUT2D eigenvalue weighted by Crippen LogP contribution is 2.41. The van der Waals surface area contributed by atoms with Gasteiger partial charge in [-0.15, -0.1) is 0 Å². The van der Waals surface area contributed by atoms with E-state index in [1.807, 2.05) is 24.3 Å². The minimum Gasteiger partial charge on any atom is -0.497 e. The molecule has 2 rings (SSSR count). The van der Waals surface area contributed by atoms with Crippen molar-refractivity contribution in [1.29, 1.82) is 0 Å². The van der Waals surface area contributed by atoms with Gasteiger partial charge < -0.3 is 9.47 Å². The molecule has 1 aromatic carbocycles. The maximum Gasteiger partial charge on any atom is 0.307 e. The van der Waals surface area contributed by atoms with E-state index in [2.05, 4.69) is 0 Å². The Balaban J connectivity index is 2.03. The Labute approximate surface area is 105 Å². The van der Waals surface area contributed by atoms with Crippen molar-refractivity contribution in [2.45, 2.75) is 24.7 Å². The maximum absolute atomic E-state index is 10.8. The molecular weight excluding hydrogens is 236 g/mol. The summed E-state index contributed by atoms with van der Waals surface area (Å²) in [5, 5.41) is 0. The van der Waals surface area contributed by atoms with Crippen LogP contribution in [0.5, 0.6) is 5.75 Å². The molecule has 17 heavy (non-hydrogen) atoms. The van der Waals surface area contributed by atoms with Crippen LogP contribution in [0.25, 0.3) is 0 Å². The normalized spacial score (nSPS) is 14.2. The van der Waals surface area contributed by atoms with Gasteiger partial charge in [0.25, 0.3) is 0 Å². The first-order chi connectivity index (χ1) is 8.19. The minimum absolute atomic E-state index is 0.243. The lowest BCUT2D eigenvalue weighted by molar-refractivity contribution is -0.137. The van der Waals surface area contributed by atoms with Gasteiger partial charge in [0.15, 0.2) is 0 Å². The van der Waals surface area contributed by atoms with Gasteiger partial charge in [0.05, 0.1) is 7.11 Å². The van der Waals surface area contributed by atoms with Gasteiger partial charge in [-0.05, 0) is 30.7 Å². The lowest BCUT2D eigenvalue weighted by atomic mass is 10.1. The van der Waals surface area contributed by atoms with E-state index in [-0.39, 0.29) is 5.97 Å². The largest absolute Gasteiger partial charge is 0.497 e. The summed E-state index contributed by atoms with van der Waals surface area (Å²) in [4.78, 5) is 13.1. The first-order valence-corrected chi connectivity index (χ1v) is 6.23. The predicted molar refractivity (Wildman–Crippen MR) is 66.9 cm³/mol. The third kappa shape index (κ3) is 3.03. The highest BCUT2D eigenvalue weighted by atomic mass is 32.2. The third-order valence-electron chi connectivity index (χ3n) is 2.46. The Morgan fingerprint density at radius 3 is 2.41 bits per heavy atom. The van der Waals surface area contributed by atoms with Crippen LogP contribution in [0.15, 0.2) is 39.8 Å². The van der Waals surface area contributed by atoms with Gasteiger partial charge in [0.1, 0.15) is 11.5 Å². The molecule has 1 aliphatic carbocycles. The summed E-state index contributed by atoms with van der Waals surface area (Å²) in [6.07, 6.45) is 1.84. The van der Waals surface area contributed by atoms with E-state index in [1.165, 1.54) is 6.92 Å². The molecule has 0 aromatic heterocycles. The second-order valence-corrected chi connectivity index (χ2v) is 4.89. The lowest BCUT2D eigenvalue weighted by Crippen LogP contribution is -2.08. The summed E-state index contributed by atoms with van der Waals surface area (Å²) >= 11 is 1.65. The first kappa shape index (κ1) is 12.0. The maximum atomic E-state index is 10.8. The Kier molecular flexibility index (Phi) is 3.74. The third-order valence-corrected chi connectivity index (χ3v) is 3.64. The first-order valence-electron chi connectivity index (χ1n) is 5.41. The van der Waals surface area contributed by atoms with Gasteiger partial charge in [0, 0.05) is 23.1 Å². The molecule has 4 heteroatoms. The van der Waals surface area contributed by atoms with Crippen molar-refractivity contribution < 1.29 is 14.3 Å². The van der Waals surface area contributed by atoms with Crippen LogP contribution in [0.1, 0.15) is 19.8 Å². The number of rotatable bonds is 4. The molecule has 0 aliphatic heterocycles. The van der Waals surface area contributed by atoms with Crippen LogP contribution in [-0.4, -0.2) is 13.1 Å². The molecular formula is C13H14O3S. The molecule has 0 radical (unpaired) electrons. The molecule has 3 nitrogen and oxygen atoms in total. The fourth-order valence-corrected chi connectivity index (χ4v) is 2.52. The van der Waals surface area contributed by atoms with Crippen LogP contribution in [0.2, 0.25) is 0 Å². The molecule has 0 amide bonds. The summed E-state index contributed by atoms with van der Waals surface area (Å²) < 4.78 is 10.2. The molecule has 0 fully saturated rings. The SMILES string of the molecule is COc1ccc(SC2=C(OC(C)=O)CC2)cc1. The van der Waals surface area contributed by atoms with Crippen LogP contribution in [0.3, 0.4) is 0 Å². The molecule has 0 spiro atoms. The van der Waals surface area contributed by atoms with Crippen LogP contribution in [0.4, 0.5) is 0 Å². The number of ether oxygens (including phenoxy) is 2. The van der Waals surface area contributed by atoms with Gasteiger partial charge in [-0.2, -0.15) is 0 Å². The van der Waals surface area contributed by atoms with E-state index >= 15 is 0 Å². The summed E-state index contributed by atoms with van der Waals surface area (Å²) in [5.41, 5.74) is 0. The Bertz CT molecular complexity index is 448. The van der Waals surface area contributed by atoms with Crippen LogP contribution in [0, 0.1) is 0 Å². The van der Waals surface area contributed by atoms with Gasteiger partial charge in [0.2, 0.25) is 0 Å². The van der Waals surface area contributed by atoms with E-state index in [4.69, 9.17) is 9.47 Å². The van der Waals surface area contributed by atoms with Gasteiger partial charge in [-0.1, -0.05) is 11.8 Å². The number of carbonyl (C=O) groups is 1. The number of hydrogen-bond acceptors (Lipinski definition) is 4. The van der Waals surface area contributed by atoms with Crippen molar-refractivity contribution in [1.82, 2.24) is 0 Å². The van der Waals surface area contributed by atoms with Gasteiger partial charge in [-0.25, -0.2) is 0 Å². The second-order valence-electron chi connectivity index (χ2n) is 3.72. The lowest BCUT2D eigenvalue weighted by Gasteiger charge is -2.21. The van der Waals surface area contributed by atoms with E-state index < -0.39 is 0 Å². The minimum atomic E-state index is -0.243. The van der Waals surface area contributed by atoms with Crippen LogP contribution >= 0.6 is 11.8 Å². The average Bonchev–Trinajstić information content (AvgIpc) is 2.32. The Morgan fingerprint density at radius 2 is 1.94 bits per heavy atom. The fourth-order valence-electron chi connectivity index (χ4n) is 1.50. The molecule has 0 saturated heterocycles. The smallest absolute Gasteiger partial charge is 0.307 e. The monoisotopic (exact) mass is 250 g/mol. The molecule has 90 valence electrons. The fraction of sp³-hybridized carbons (Fsp3) is 0.308. The van der Waals surface area contributed by atoms with Gasteiger partial charge in [-0.3, -0.25) is 4.79 Å². The second kappa shape index (κ2) is 5.27. The summed E-state index contributed by atoms with van der Waals surface area (Å²) in [6.45, 7) is 1.43. The number of hydrogen-bond donors (Lipinski definition) is 0. The standard InChI is InChI=1S/C13H14O3S/c1-9(14)16-12-7-8-13(12)17-11-5-3-10(15-2)4-6-11/h3-6H,7-8H2,1-2H3. The average molecular weight is 250 g/mol. The molecule has 0 saturated carbocycles. The molecule has 0 unspecified atom stereocenters. The molecule has 0 heterocycles. The van der Waals surface area contributed by atoms with E-state index in [0.29, 0.717) is 0 Å². The number of benzene rings is 1. The molecule has 0 bridgehead atoms. The quantitative estimate of drug-likeness (QED) is 0.768. The summed E-state index contributed by atoms with van der Waals surface area (Å²) in [7, 11) is 1.65. The molecule has 1 aliphatic rings. The zero-order chi connectivity index (χ0) is 12.3. The molecule has 1 aromatic rings. The van der Waals surface area contributed by atoms with E-state index in [1.54, 1.807) is 18.9 Å². The highest BCUT2D eigenvalue weighted by Gasteiger charge is 2.21.